The molecule has 2 rings (SSSR count). The summed E-state index contributed by atoms with van der Waals surface area (Å²) in [4.78, 5) is 0. The third-order valence-electron chi connectivity index (χ3n) is 1.80. The fraction of sp³-hybridized carbons (Fsp3) is 0. The van der Waals surface area contributed by atoms with Crippen molar-refractivity contribution in [1.82, 2.24) is 5.43 Å². The van der Waals surface area contributed by atoms with Gasteiger partial charge in [-0.15, -0.1) is 5.10 Å². The van der Waals surface area contributed by atoms with Crippen molar-refractivity contribution in [1.29, 1.82) is 0 Å². The molecular weight excluding hydrogens is 292 g/mol. The van der Waals surface area contributed by atoms with Crippen molar-refractivity contribution in [2.45, 2.75) is 0 Å². The van der Waals surface area contributed by atoms with Crippen LogP contribution in [-0.4, -0.2) is 5.17 Å². The smallest absolute Gasteiger partial charge is 0.154 e. The summed E-state index contributed by atoms with van der Waals surface area (Å²) in [7, 11) is 0. The van der Waals surface area contributed by atoms with Crippen LogP contribution in [0.3, 0.4) is 0 Å². The highest BCUT2D eigenvalue weighted by molar-refractivity contribution is 6.69. The molecule has 0 atom stereocenters. The van der Waals surface area contributed by atoms with Crippen LogP contribution in [0.5, 0.6) is 0 Å². The molecule has 1 aliphatic heterocycles. The fourth-order valence-electron chi connectivity index (χ4n) is 1.13. The number of benzene rings is 1. The number of nitrogens with zero attached hydrogens (tertiary/aromatic N) is 2. The molecule has 1 aromatic carbocycles. The summed E-state index contributed by atoms with van der Waals surface area (Å²) in [5.41, 5.74) is 3.48. The van der Waals surface area contributed by atoms with Crippen molar-refractivity contribution in [2.24, 2.45) is 5.10 Å². The Morgan fingerprint density at radius 2 is 1.81 bits per heavy atom. The number of anilines is 1. The van der Waals surface area contributed by atoms with Gasteiger partial charge in [0, 0.05) is 6.08 Å². The second-order valence-electron chi connectivity index (χ2n) is 2.94. The second kappa shape index (κ2) is 4.72. The van der Waals surface area contributed by atoms with Gasteiger partial charge in [-0.25, -0.2) is 0 Å². The van der Waals surface area contributed by atoms with E-state index in [1.54, 1.807) is 18.2 Å². The van der Waals surface area contributed by atoms with Gasteiger partial charge in [-0.3, -0.25) is 5.43 Å². The molecule has 0 spiro atoms. The maximum atomic E-state index is 5.89. The van der Waals surface area contributed by atoms with Crippen molar-refractivity contribution >= 4 is 57.3 Å². The minimum atomic E-state index is 0.273. The van der Waals surface area contributed by atoms with Gasteiger partial charge in [0.15, 0.2) is 5.17 Å². The van der Waals surface area contributed by atoms with Gasteiger partial charge in [-0.1, -0.05) is 46.4 Å². The third-order valence-corrected chi connectivity index (χ3v) is 2.92. The highest BCUT2D eigenvalue weighted by atomic mass is 35.5. The third kappa shape index (κ3) is 2.55. The van der Waals surface area contributed by atoms with E-state index in [1.165, 1.54) is 11.2 Å². The van der Waals surface area contributed by atoms with E-state index in [0.29, 0.717) is 20.9 Å². The number of allylic oxidation sites excluding steroid dienone is 1. The van der Waals surface area contributed by atoms with Crippen molar-refractivity contribution in [3.8, 4) is 0 Å². The summed E-state index contributed by atoms with van der Waals surface area (Å²) in [6.07, 6.45) is 1.50. The zero-order valence-electron chi connectivity index (χ0n) is 7.72. The normalized spacial score (nSPS) is 15.4. The Kier molecular flexibility index (Phi) is 3.50. The first-order chi connectivity index (χ1) is 7.56. The number of nitrogens with one attached hydrogen (secondary N) is 1. The van der Waals surface area contributed by atoms with Crippen LogP contribution in [0.4, 0.5) is 5.69 Å². The molecule has 0 aromatic heterocycles. The molecular formula is C9H5Cl4N3. The van der Waals surface area contributed by atoms with Gasteiger partial charge in [0.2, 0.25) is 0 Å². The molecule has 0 saturated carbocycles. The summed E-state index contributed by atoms with van der Waals surface area (Å²) in [6, 6.07) is 5.06. The second-order valence-corrected chi connectivity index (χ2v) is 4.55. The SMILES string of the molecule is ClC1=CC(Cl)=NN(c2ccc(Cl)c(Cl)c2)N1. The Labute approximate surface area is 112 Å². The zero-order valence-corrected chi connectivity index (χ0v) is 10.7. The highest BCUT2D eigenvalue weighted by Crippen LogP contribution is 2.27. The van der Waals surface area contributed by atoms with E-state index in [1.807, 2.05) is 0 Å². The number of rotatable bonds is 1. The Hall–Kier alpha value is -0.610. The minimum Gasteiger partial charge on any atom is -0.266 e. The first-order valence-electron chi connectivity index (χ1n) is 4.19. The Morgan fingerprint density at radius 3 is 2.44 bits per heavy atom. The topological polar surface area (TPSA) is 27.6 Å². The maximum absolute atomic E-state index is 5.89. The summed E-state index contributed by atoms with van der Waals surface area (Å²) in [5.74, 6) is 0. The lowest BCUT2D eigenvalue weighted by molar-refractivity contribution is 0.761. The summed E-state index contributed by atoms with van der Waals surface area (Å²) >= 11 is 23.3. The van der Waals surface area contributed by atoms with Crippen LogP contribution >= 0.6 is 46.4 Å². The lowest BCUT2D eigenvalue weighted by atomic mass is 10.3. The van der Waals surface area contributed by atoms with E-state index in [2.05, 4.69) is 10.5 Å². The number of hydrogen-bond acceptors (Lipinski definition) is 3. The van der Waals surface area contributed by atoms with Gasteiger partial charge in [0.05, 0.1) is 15.7 Å². The molecule has 0 aliphatic carbocycles. The lowest BCUT2D eigenvalue weighted by Gasteiger charge is -2.23. The molecule has 1 aromatic rings. The summed E-state index contributed by atoms with van der Waals surface area (Å²) in [6.45, 7) is 0. The van der Waals surface area contributed by atoms with Crippen molar-refractivity contribution in [3.63, 3.8) is 0 Å². The van der Waals surface area contributed by atoms with Gasteiger partial charge < -0.3 is 0 Å². The Bertz CT molecular complexity index is 484. The predicted molar refractivity (Wildman–Crippen MR) is 69.3 cm³/mol. The van der Waals surface area contributed by atoms with E-state index in [9.17, 15) is 0 Å². The van der Waals surface area contributed by atoms with E-state index < -0.39 is 0 Å². The molecule has 16 heavy (non-hydrogen) atoms. The summed E-state index contributed by atoms with van der Waals surface area (Å²) < 4.78 is 0. The molecule has 1 heterocycles. The van der Waals surface area contributed by atoms with E-state index in [4.69, 9.17) is 46.4 Å². The molecule has 0 unspecified atom stereocenters. The average molecular weight is 297 g/mol. The highest BCUT2D eigenvalue weighted by Gasteiger charge is 2.13. The zero-order chi connectivity index (χ0) is 11.7. The van der Waals surface area contributed by atoms with Crippen molar-refractivity contribution < 1.29 is 0 Å². The molecule has 7 heteroatoms. The number of hydrogen-bond donors (Lipinski definition) is 1. The molecule has 84 valence electrons. The minimum absolute atomic E-state index is 0.273. The molecule has 0 amide bonds. The number of halogens is 4. The summed E-state index contributed by atoms with van der Waals surface area (Å²) in [5, 5.41) is 6.96. The molecule has 0 radical (unpaired) electrons. The quantitative estimate of drug-likeness (QED) is 0.795. The fourth-order valence-corrected chi connectivity index (χ4v) is 1.84. The van der Waals surface area contributed by atoms with E-state index in [0.717, 1.165) is 0 Å². The van der Waals surface area contributed by atoms with Crippen LogP contribution in [-0.2, 0) is 0 Å². The van der Waals surface area contributed by atoms with Crippen LogP contribution in [0.15, 0.2) is 34.5 Å². The molecule has 1 aliphatic rings. The predicted octanol–water partition coefficient (Wildman–Crippen LogP) is 3.95. The van der Waals surface area contributed by atoms with Crippen LogP contribution < -0.4 is 10.5 Å². The van der Waals surface area contributed by atoms with Crippen molar-refractivity contribution in [2.75, 3.05) is 5.12 Å². The molecule has 0 saturated heterocycles. The number of hydrazine groups is 1. The lowest BCUT2D eigenvalue weighted by Crippen LogP contribution is -2.34. The van der Waals surface area contributed by atoms with E-state index in [-0.39, 0.29) is 5.17 Å². The number of hydrazone groups is 1. The molecule has 0 bridgehead atoms. The van der Waals surface area contributed by atoms with E-state index >= 15 is 0 Å². The van der Waals surface area contributed by atoms with Gasteiger partial charge >= 0.3 is 0 Å². The van der Waals surface area contributed by atoms with Gasteiger partial charge in [-0.05, 0) is 18.2 Å². The van der Waals surface area contributed by atoms with Gasteiger partial charge in [0.25, 0.3) is 0 Å². The first-order valence-corrected chi connectivity index (χ1v) is 5.70. The maximum Gasteiger partial charge on any atom is 0.154 e. The van der Waals surface area contributed by atoms with Crippen LogP contribution in [0.25, 0.3) is 0 Å². The van der Waals surface area contributed by atoms with Crippen LogP contribution in [0.2, 0.25) is 10.0 Å². The molecule has 3 nitrogen and oxygen atoms in total. The largest absolute Gasteiger partial charge is 0.266 e. The van der Waals surface area contributed by atoms with Crippen LogP contribution in [0, 0.1) is 0 Å². The molecule has 1 N–H and O–H groups in total. The Balaban J connectivity index is 2.32. The molecule has 0 fully saturated rings. The first kappa shape index (κ1) is 11.9. The van der Waals surface area contributed by atoms with Crippen molar-refractivity contribution in [3.05, 3.63) is 39.5 Å². The average Bonchev–Trinajstić information content (AvgIpc) is 2.20. The van der Waals surface area contributed by atoms with Crippen LogP contribution in [0.1, 0.15) is 0 Å². The van der Waals surface area contributed by atoms with Gasteiger partial charge in [0.1, 0.15) is 5.16 Å². The standard InChI is InChI=1S/C9H5Cl4N3/c10-6-2-1-5(3-7(6)11)16-14-8(12)4-9(13)15-16/h1-4,14H. The Morgan fingerprint density at radius 1 is 1.06 bits per heavy atom. The monoisotopic (exact) mass is 295 g/mol. The van der Waals surface area contributed by atoms with Gasteiger partial charge in [-0.2, -0.15) is 5.12 Å².